The highest BCUT2D eigenvalue weighted by Gasteiger charge is 2.62. The van der Waals surface area contributed by atoms with Crippen LogP contribution in [0.5, 0.6) is 0 Å². The van der Waals surface area contributed by atoms with Gasteiger partial charge in [0.2, 0.25) is 0 Å². The Morgan fingerprint density at radius 3 is 2.39 bits per heavy atom. The molecule has 0 bridgehead atoms. The number of thiophene rings is 1. The summed E-state index contributed by atoms with van der Waals surface area (Å²) in [5, 5.41) is 3.34. The Labute approximate surface area is 176 Å². The molecule has 2 aromatic rings. The minimum absolute atomic E-state index is 0.0442. The summed E-state index contributed by atoms with van der Waals surface area (Å²) in [6, 6.07) is 3.68. The molecule has 0 radical (unpaired) electrons. The molecule has 1 aromatic carbocycles. The number of oxime groups is 1. The Bertz CT molecular complexity index is 967. The summed E-state index contributed by atoms with van der Waals surface area (Å²) >= 11 is 18.6. The van der Waals surface area contributed by atoms with E-state index in [0.717, 1.165) is 23.5 Å². The lowest BCUT2D eigenvalue weighted by molar-refractivity contribution is -0.275. The minimum atomic E-state index is -4.82. The number of aryl methyl sites for hydroxylation is 1. The molecule has 2 heterocycles. The van der Waals surface area contributed by atoms with Crippen LogP contribution in [0.3, 0.4) is 0 Å². The molecule has 0 amide bonds. The van der Waals surface area contributed by atoms with E-state index in [1.807, 2.05) is 0 Å². The monoisotopic (exact) mass is 471 g/mol. The van der Waals surface area contributed by atoms with Crippen LogP contribution in [0.4, 0.5) is 13.2 Å². The van der Waals surface area contributed by atoms with Gasteiger partial charge in [0.15, 0.2) is 0 Å². The van der Waals surface area contributed by atoms with Crippen LogP contribution in [-0.2, 0) is 15.2 Å². The second kappa shape index (κ2) is 7.40. The van der Waals surface area contributed by atoms with Gasteiger partial charge in [0.05, 0.1) is 33.5 Å². The highest BCUT2D eigenvalue weighted by Crippen LogP contribution is 2.51. The predicted octanol–water partition coefficient (Wildman–Crippen LogP) is 6.39. The molecule has 11 heteroatoms. The molecule has 0 saturated heterocycles. The molecule has 0 spiro atoms. The van der Waals surface area contributed by atoms with Gasteiger partial charge in [-0.15, -0.1) is 11.3 Å². The molecule has 1 aliphatic heterocycles. The van der Waals surface area contributed by atoms with E-state index in [2.05, 4.69) is 9.89 Å². The number of methoxy groups -OCH3 is 1. The Hall–Kier alpha value is -1.48. The van der Waals surface area contributed by atoms with Crippen molar-refractivity contribution in [2.75, 3.05) is 7.11 Å². The Morgan fingerprint density at radius 1 is 1.25 bits per heavy atom. The summed E-state index contributed by atoms with van der Waals surface area (Å²) in [5.74, 6) is -0.577. The van der Waals surface area contributed by atoms with Gasteiger partial charge >= 0.3 is 12.1 Å². The number of esters is 1. The first kappa shape index (κ1) is 21.2. The number of halogens is 6. The van der Waals surface area contributed by atoms with Crippen molar-refractivity contribution in [3.63, 3.8) is 0 Å². The zero-order chi connectivity index (χ0) is 20.9. The molecule has 28 heavy (non-hydrogen) atoms. The van der Waals surface area contributed by atoms with Crippen LogP contribution < -0.4 is 0 Å². The summed E-state index contributed by atoms with van der Waals surface area (Å²) in [7, 11) is 1.22. The summed E-state index contributed by atoms with van der Waals surface area (Å²) < 4.78 is 46.8. The molecule has 1 atom stereocenters. The van der Waals surface area contributed by atoms with E-state index in [9.17, 15) is 18.0 Å². The number of ether oxygens (including phenoxy) is 1. The molecule has 150 valence electrons. The van der Waals surface area contributed by atoms with Gasteiger partial charge in [0.1, 0.15) is 10.6 Å². The maximum atomic E-state index is 14.0. The number of alkyl halides is 3. The lowest BCUT2D eigenvalue weighted by atomic mass is 9.88. The van der Waals surface area contributed by atoms with Crippen LogP contribution in [0.25, 0.3) is 0 Å². The fourth-order valence-electron chi connectivity index (χ4n) is 2.74. The molecule has 0 N–H and O–H groups in total. The standard InChI is InChI=1S/C17H11Cl3F3NO3S/c1-7-3-12(28-14(7)15(25)26-2)11-6-16(27-24-11,17(21,22)23)8-4-9(18)13(20)10(19)5-8/h3-5H,6H2,1-2H3/t16-/m0/s1. The summed E-state index contributed by atoms with van der Waals surface area (Å²) in [6.07, 6.45) is -5.44. The van der Waals surface area contributed by atoms with Gasteiger partial charge in [-0.25, -0.2) is 4.79 Å². The second-order valence-electron chi connectivity index (χ2n) is 6.00. The fraction of sp³-hybridized carbons (Fsp3) is 0.294. The maximum absolute atomic E-state index is 14.0. The van der Waals surface area contributed by atoms with Crippen LogP contribution >= 0.6 is 46.1 Å². The zero-order valence-electron chi connectivity index (χ0n) is 14.3. The molecular formula is C17H11Cl3F3NO3S. The molecule has 1 aromatic heterocycles. The van der Waals surface area contributed by atoms with Crippen molar-refractivity contribution in [3.05, 3.63) is 54.1 Å². The summed E-state index contributed by atoms with van der Waals surface area (Å²) in [4.78, 5) is 17.4. The average Bonchev–Trinajstić information content (AvgIpc) is 3.23. The molecular weight excluding hydrogens is 462 g/mol. The van der Waals surface area contributed by atoms with E-state index in [1.165, 1.54) is 7.11 Å². The number of rotatable bonds is 3. The van der Waals surface area contributed by atoms with E-state index < -0.39 is 24.2 Å². The van der Waals surface area contributed by atoms with Crippen LogP contribution in [-0.4, -0.2) is 25.0 Å². The largest absolute Gasteiger partial charge is 0.465 e. The van der Waals surface area contributed by atoms with Crippen molar-refractivity contribution in [3.8, 4) is 0 Å². The number of hydrogen-bond donors (Lipinski definition) is 0. The average molecular weight is 473 g/mol. The Morgan fingerprint density at radius 2 is 1.86 bits per heavy atom. The van der Waals surface area contributed by atoms with Crippen LogP contribution in [0, 0.1) is 6.92 Å². The number of carbonyl (C=O) groups excluding carboxylic acids is 1. The van der Waals surface area contributed by atoms with Crippen molar-refractivity contribution >= 4 is 57.8 Å². The van der Waals surface area contributed by atoms with Crippen molar-refractivity contribution in [1.82, 2.24) is 0 Å². The second-order valence-corrected chi connectivity index (χ2v) is 8.24. The number of carbonyl (C=O) groups is 1. The maximum Gasteiger partial charge on any atom is 0.435 e. The Kier molecular flexibility index (Phi) is 5.62. The molecule has 0 saturated carbocycles. The van der Waals surface area contributed by atoms with E-state index in [-0.39, 0.29) is 31.2 Å². The third-order valence-corrected chi connectivity index (χ3v) is 6.67. The van der Waals surface area contributed by atoms with Gasteiger partial charge in [0.25, 0.3) is 5.60 Å². The van der Waals surface area contributed by atoms with Crippen molar-refractivity contribution in [2.24, 2.45) is 5.16 Å². The van der Waals surface area contributed by atoms with Gasteiger partial charge in [0, 0.05) is 5.56 Å². The zero-order valence-corrected chi connectivity index (χ0v) is 17.4. The number of benzene rings is 1. The summed E-state index contributed by atoms with van der Waals surface area (Å²) in [5.41, 5.74) is -2.48. The first-order chi connectivity index (χ1) is 13.0. The third-order valence-electron chi connectivity index (χ3n) is 4.21. The van der Waals surface area contributed by atoms with Gasteiger partial charge in [-0.1, -0.05) is 40.0 Å². The van der Waals surface area contributed by atoms with Gasteiger partial charge in [-0.3, -0.25) is 0 Å². The van der Waals surface area contributed by atoms with E-state index in [0.29, 0.717) is 10.4 Å². The molecule has 0 aliphatic carbocycles. The fourth-order valence-corrected chi connectivity index (χ4v) is 4.41. The molecule has 4 nitrogen and oxygen atoms in total. The van der Waals surface area contributed by atoms with Crippen LogP contribution in [0.15, 0.2) is 23.4 Å². The molecule has 1 aliphatic rings. The lowest BCUT2D eigenvalue weighted by Gasteiger charge is -2.29. The van der Waals surface area contributed by atoms with Crippen molar-refractivity contribution < 1.29 is 27.5 Å². The summed E-state index contributed by atoms with van der Waals surface area (Å²) in [6.45, 7) is 1.65. The SMILES string of the molecule is COC(=O)c1sc(C2=NO[C@@](c3cc(Cl)c(Cl)c(Cl)c3)(C(F)(F)F)C2)cc1C. The molecule has 0 unspecified atom stereocenters. The quantitative estimate of drug-likeness (QED) is 0.384. The van der Waals surface area contributed by atoms with Crippen molar-refractivity contribution in [2.45, 2.75) is 25.1 Å². The topological polar surface area (TPSA) is 47.9 Å². The Balaban J connectivity index is 2.03. The van der Waals surface area contributed by atoms with E-state index in [1.54, 1.807) is 13.0 Å². The van der Waals surface area contributed by atoms with E-state index in [4.69, 9.17) is 39.6 Å². The smallest absolute Gasteiger partial charge is 0.435 e. The highest BCUT2D eigenvalue weighted by atomic mass is 35.5. The van der Waals surface area contributed by atoms with Gasteiger partial charge in [-0.05, 0) is 30.7 Å². The van der Waals surface area contributed by atoms with Gasteiger partial charge in [-0.2, -0.15) is 13.2 Å². The van der Waals surface area contributed by atoms with Gasteiger partial charge < -0.3 is 9.57 Å². The normalized spacial score (nSPS) is 19.4. The highest BCUT2D eigenvalue weighted by molar-refractivity contribution is 7.16. The number of hydrogen-bond acceptors (Lipinski definition) is 5. The first-order valence-electron chi connectivity index (χ1n) is 7.66. The first-order valence-corrected chi connectivity index (χ1v) is 9.61. The molecule has 3 rings (SSSR count). The molecule has 0 fully saturated rings. The minimum Gasteiger partial charge on any atom is -0.465 e. The van der Waals surface area contributed by atoms with Crippen LogP contribution in [0.2, 0.25) is 15.1 Å². The lowest BCUT2D eigenvalue weighted by Crippen LogP contribution is -2.42. The third kappa shape index (κ3) is 3.47. The predicted molar refractivity (Wildman–Crippen MR) is 102 cm³/mol. The van der Waals surface area contributed by atoms with Crippen LogP contribution in [0.1, 0.15) is 32.1 Å². The van der Waals surface area contributed by atoms with E-state index >= 15 is 0 Å². The number of nitrogens with zero attached hydrogens (tertiary/aromatic N) is 1. The van der Waals surface area contributed by atoms with Crippen molar-refractivity contribution in [1.29, 1.82) is 0 Å².